The zero-order valence-corrected chi connectivity index (χ0v) is 18.6. The lowest BCUT2D eigenvalue weighted by atomic mass is 10.1. The molecule has 0 N–H and O–H groups in total. The number of nitrogens with zero attached hydrogens (tertiary/aromatic N) is 1. The normalized spacial score (nSPS) is 16.2. The molecule has 0 spiro atoms. The molecule has 160 valence electrons. The predicted octanol–water partition coefficient (Wildman–Crippen LogP) is 4.28. The number of amides is 1. The fourth-order valence-corrected chi connectivity index (χ4v) is 7.67. The molecular weight excluding hydrogens is 409 g/mol. The molecule has 6 heteroatoms. The molecule has 1 atom stereocenters. The van der Waals surface area contributed by atoms with Crippen LogP contribution in [-0.2, 0) is 4.57 Å². The Balaban J connectivity index is 1.77. The monoisotopic (exact) mass is 435 g/mol. The van der Waals surface area contributed by atoms with Gasteiger partial charge in [-0.05, 0) is 31.0 Å². The van der Waals surface area contributed by atoms with Gasteiger partial charge in [-0.2, -0.15) is 0 Å². The number of ether oxygens (including phenoxy) is 2. The summed E-state index contributed by atoms with van der Waals surface area (Å²) in [5.41, 5.74) is 0.497. The first-order chi connectivity index (χ1) is 15.1. The van der Waals surface area contributed by atoms with Gasteiger partial charge in [0.05, 0.1) is 20.0 Å². The number of likely N-dealkylation sites (tertiary alicyclic amines) is 1. The summed E-state index contributed by atoms with van der Waals surface area (Å²) in [7, 11) is 0.0196. The molecule has 1 unspecified atom stereocenters. The second kappa shape index (κ2) is 8.99. The second-order valence-electron chi connectivity index (χ2n) is 7.52. The summed E-state index contributed by atoms with van der Waals surface area (Å²) >= 11 is 0. The second-order valence-corrected chi connectivity index (χ2v) is 10.5. The molecule has 0 aromatic heterocycles. The van der Waals surface area contributed by atoms with Crippen LogP contribution in [-0.4, -0.2) is 37.4 Å². The van der Waals surface area contributed by atoms with E-state index < -0.39 is 12.9 Å². The van der Waals surface area contributed by atoms with Gasteiger partial charge < -0.3 is 18.9 Å². The van der Waals surface area contributed by atoms with Crippen LogP contribution in [0, 0.1) is 0 Å². The summed E-state index contributed by atoms with van der Waals surface area (Å²) in [5.74, 6) is 0.531. The first kappa shape index (κ1) is 21.2. The standard InChI is InChI=1S/C25H26NO4P/c1-29-22-16-15-19(18-23(22)30-2)25(27)26-17-9-14-24(26)31(28,20-10-5-3-6-11-20)21-12-7-4-8-13-21/h3-8,10-13,15-16,18,24H,9,14,17H2,1-2H3. The summed E-state index contributed by atoms with van der Waals surface area (Å²) in [5, 5.41) is 1.55. The van der Waals surface area contributed by atoms with Gasteiger partial charge in [0.25, 0.3) is 5.91 Å². The maximum atomic E-state index is 14.7. The van der Waals surface area contributed by atoms with E-state index in [1.165, 1.54) is 0 Å². The Labute approximate surface area is 183 Å². The van der Waals surface area contributed by atoms with Crippen LogP contribution in [0.4, 0.5) is 0 Å². The van der Waals surface area contributed by atoms with Crippen molar-refractivity contribution in [3.8, 4) is 11.5 Å². The van der Waals surface area contributed by atoms with E-state index in [1.807, 2.05) is 60.7 Å². The molecule has 4 rings (SSSR count). The van der Waals surface area contributed by atoms with Gasteiger partial charge in [0.15, 0.2) is 18.6 Å². The van der Waals surface area contributed by atoms with Crippen LogP contribution in [0.15, 0.2) is 78.9 Å². The summed E-state index contributed by atoms with van der Waals surface area (Å²) in [6.45, 7) is 0.571. The van der Waals surface area contributed by atoms with Gasteiger partial charge in [-0.1, -0.05) is 60.7 Å². The molecule has 3 aromatic carbocycles. The van der Waals surface area contributed by atoms with Gasteiger partial charge in [-0.25, -0.2) is 0 Å². The van der Waals surface area contributed by atoms with Crippen LogP contribution >= 0.6 is 7.14 Å². The molecule has 1 aliphatic rings. The fraction of sp³-hybridized carbons (Fsp3) is 0.240. The van der Waals surface area contributed by atoms with Gasteiger partial charge in [-0.3, -0.25) is 4.79 Å². The third-order valence-electron chi connectivity index (χ3n) is 5.81. The first-order valence-electron chi connectivity index (χ1n) is 10.3. The molecular formula is C25H26NO4P. The third-order valence-corrected chi connectivity index (χ3v) is 9.32. The van der Waals surface area contributed by atoms with Crippen molar-refractivity contribution in [1.82, 2.24) is 4.90 Å². The van der Waals surface area contributed by atoms with Crippen LogP contribution in [0.3, 0.4) is 0 Å². The predicted molar refractivity (Wildman–Crippen MR) is 123 cm³/mol. The van der Waals surface area contributed by atoms with E-state index in [2.05, 4.69) is 0 Å². The molecule has 1 amide bonds. The Bertz CT molecular complexity index is 1060. The van der Waals surface area contributed by atoms with Gasteiger partial charge in [0, 0.05) is 22.7 Å². The lowest BCUT2D eigenvalue weighted by Crippen LogP contribution is -2.40. The highest BCUT2D eigenvalue weighted by Gasteiger charge is 2.44. The number of hydrogen-bond donors (Lipinski definition) is 0. The lowest BCUT2D eigenvalue weighted by Gasteiger charge is -2.33. The number of carbonyl (C=O) groups excluding carboxylic acids is 1. The van der Waals surface area contributed by atoms with Crippen LogP contribution in [0.25, 0.3) is 0 Å². The summed E-state index contributed by atoms with van der Waals surface area (Å²) < 4.78 is 25.4. The Morgan fingerprint density at radius 1 is 0.871 bits per heavy atom. The van der Waals surface area contributed by atoms with Crippen LogP contribution in [0.5, 0.6) is 11.5 Å². The molecule has 5 nitrogen and oxygen atoms in total. The van der Waals surface area contributed by atoms with E-state index in [4.69, 9.17) is 9.47 Å². The van der Waals surface area contributed by atoms with Crippen molar-refractivity contribution in [2.24, 2.45) is 0 Å². The molecule has 1 aliphatic heterocycles. The van der Waals surface area contributed by atoms with Crippen LogP contribution in [0.2, 0.25) is 0 Å². The zero-order valence-electron chi connectivity index (χ0n) is 17.7. The number of methoxy groups -OCH3 is 2. The maximum absolute atomic E-state index is 14.7. The minimum Gasteiger partial charge on any atom is -0.493 e. The highest BCUT2D eigenvalue weighted by Crippen LogP contribution is 2.53. The molecule has 1 saturated heterocycles. The molecule has 1 fully saturated rings. The van der Waals surface area contributed by atoms with Crippen molar-refractivity contribution < 1.29 is 18.8 Å². The van der Waals surface area contributed by atoms with Crippen molar-refractivity contribution >= 4 is 23.7 Å². The summed E-state index contributed by atoms with van der Waals surface area (Å²) in [6, 6.07) is 24.2. The topological polar surface area (TPSA) is 55.8 Å². The van der Waals surface area contributed by atoms with E-state index in [-0.39, 0.29) is 5.91 Å². The van der Waals surface area contributed by atoms with Crippen molar-refractivity contribution in [3.05, 3.63) is 84.4 Å². The van der Waals surface area contributed by atoms with Crippen molar-refractivity contribution in [2.75, 3.05) is 20.8 Å². The molecule has 31 heavy (non-hydrogen) atoms. The van der Waals surface area contributed by atoms with E-state index in [1.54, 1.807) is 37.3 Å². The number of rotatable bonds is 6. The Morgan fingerprint density at radius 3 is 2.00 bits per heavy atom. The minimum atomic E-state index is -3.09. The molecule has 0 radical (unpaired) electrons. The molecule has 0 saturated carbocycles. The molecule has 0 aliphatic carbocycles. The van der Waals surface area contributed by atoms with Gasteiger partial charge in [0.2, 0.25) is 0 Å². The largest absolute Gasteiger partial charge is 0.493 e. The number of benzene rings is 3. The van der Waals surface area contributed by atoms with Crippen molar-refractivity contribution in [2.45, 2.75) is 18.6 Å². The smallest absolute Gasteiger partial charge is 0.254 e. The fourth-order valence-electron chi connectivity index (χ4n) is 4.29. The van der Waals surface area contributed by atoms with Gasteiger partial charge >= 0.3 is 0 Å². The quantitative estimate of drug-likeness (QED) is 0.543. The van der Waals surface area contributed by atoms with Crippen molar-refractivity contribution in [3.63, 3.8) is 0 Å². The summed E-state index contributed by atoms with van der Waals surface area (Å²) in [4.78, 5) is 15.3. The first-order valence-corrected chi connectivity index (χ1v) is 12.1. The highest BCUT2D eigenvalue weighted by atomic mass is 31.2. The Hall–Kier alpha value is -3.04. The van der Waals surface area contributed by atoms with Crippen LogP contribution < -0.4 is 20.1 Å². The molecule has 0 bridgehead atoms. The molecule has 1 heterocycles. The SMILES string of the molecule is COc1ccc(C(=O)N2CCCC2P(=O)(c2ccccc2)c2ccccc2)cc1OC. The maximum Gasteiger partial charge on any atom is 0.254 e. The summed E-state index contributed by atoms with van der Waals surface area (Å²) in [6.07, 6.45) is 1.51. The van der Waals surface area contributed by atoms with Crippen molar-refractivity contribution in [1.29, 1.82) is 0 Å². The van der Waals surface area contributed by atoms with Gasteiger partial charge in [-0.15, -0.1) is 0 Å². The average molecular weight is 435 g/mol. The zero-order chi connectivity index (χ0) is 21.8. The van der Waals surface area contributed by atoms with Crippen LogP contribution in [0.1, 0.15) is 23.2 Å². The third kappa shape index (κ3) is 3.86. The van der Waals surface area contributed by atoms with E-state index >= 15 is 0 Å². The Kier molecular flexibility index (Phi) is 6.15. The van der Waals surface area contributed by atoms with Gasteiger partial charge in [0.1, 0.15) is 0 Å². The number of hydrogen-bond acceptors (Lipinski definition) is 4. The average Bonchev–Trinajstić information content (AvgIpc) is 3.34. The molecule has 3 aromatic rings. The highest BCUT2D eigenvalue weighted by molar-refractivity contribution is 7.79. The minimum absolute atomic E-state index is 0.143. The number of carbonyl (C=O) groups is 1. The van der Waals surface area contributed by atoms with E-state index in [0.29, 0.717) is 30.0 Å². The lowest BCUT2D eigenvalue weighted by molar-refractivity contribution is 0.0774. The van der Waals surface area contributed by atoms with E-state index in [0.717, 1.165) is 17.0 Å². The van der Waals surface area contributed by atoms with E-state index in [9.17, 15) is 9.36 Å². The Morgan fingerprint density at radius 2 is 1.45 bits per heavy atom.